The van der Waals surface area contributed by atoms with Gasteiger partial charge >= 0.3 is 0 Å². The molecule has 5 atom stereocenters. The summed E-state index contributed by atoms with van der Waals surface area (Å²) in [4.78, 5) is 0. The minimum absolute atomic E-state index is 0.329. The normalized spacial score (nSPS) is 32.8. The first kappa shape index (κ1) is 14.7. The van der Waals surface area contributed by atoms with Gasteiger partial charge in [0.25, 0.3) is 0 Å². The maximum Gasteiger partial charge on any atom is 0.124 e. The zero-order chi connectivity index (χ0) is 16.3. The van der Waals surface area contributed by atoms with Gasteiger partial charge < -0.3 is 10.1 Å². The van der Waals surface area contributed by atoms with Gasteiger partial charge in [-0.15, -0.1) is 0 Å². The number of halogens is 1. The van der Waals surface area contributed by atoms with E-state index in [9.17, 15) is 0 Å². The van der Waals surface area contributed by atoms with Crippen molar-refractivity contribution in [3.05, 3.63) is 58.6 Å². The first-order chi connectivity index (χ1) is 11.8. The Balaban J connectivity index is 1.66. The van der Waals surface area contributed by atoms with Gasteiger partial charge in [0.2, 0.25) is 0 Å². The first-order valence-electron chi connectivity index (χ1n) is 8.95. The highest BCUT2D eigenvalue weighted by molar-refractivity contribution is 6.30. The maximum atomic E-state index is 6.32. The van der Waals surface area contributed by atoms with Crippen LogP contribution in [-0.4, -0.2) is 7.11 Å². The quantitative estimate of drug-likeness (QED) is 0.763. The van der Waals surface area contributed by atoms with Crippen molar-refractivity contribution in [3.8, 4) is 5.75 Å². The number of methoxy groups -OCH3 is 1. The Morgan fingerprint density at radius 1 is 1.04 bits per heavy atom. The van der Waals surface area contributed by atoms with Crippen molar-refractivity contribution in [2.45, 2.75) is 31.2 Å². The number of ether oxygens (including phenoxy) is 1. The monoisotopic (exact) mass is 339 g/mol. The molecule has 0 saturated heterocycles. The number of hydrogen-bond acceptors (Lipinski definition) is 2. The minimum Gasteiger partial charge on any atom is -0.496 e. The van der Waals surface area contributed by atoms with Gasteiger partial charge in [0.15, 0.2) is 0 Å². The summed E-state index contributed by atoms with van der Waals surface area (Å²) < 4.78 is 5.67. The summed E-state index contributed by atoms with van der Waals surface area (Å²) in [5.74, 6) is 3.90. The van der Waals surface area contributed by atoms with Crippen LogP contribution in [0, 0.1) is 17.8 Å². The van der Waals surface area contributed by atoms with Crippen molar-refractivity contribution in [2.75, 3.05) is 12.4 Å². The highest BCUT2D eigenvalue weighted by Crippen LogP contribution is 2.64. The first-order valence-corrected chi connectivity index (χ1v) is 9.33. The molecule has 0 spiro atoms. The predicted molar refractivity (Wildman–Crippen MR) is 97.9 cm³/mol. The van der Waals surface area contributed by atoms with Crippen LogP contribution in [0.25, 0.3) is 0 Å². The summed E-state index contributed by atoms with van der Waals surface area (Å²) in [6, 6.07) is 15.2. The Morgan fingerprint density at radius 2 is 1.88 bits per heavy atom. The molecule has 1 aliphatic heterocycles. The van der Waals surface area contributed by atoms with E-state index in [1.54, 1.807) is 7.11 Å². The molecule has 0 aromatic heterocycles. The van der Waals surface area contributed by atoms with Crippen molar-refractivity contribution in [1.29, 1.82) is 0 Å². The van der Waals surface area contributed by atoms with Gasteiger partial charge in [0.05, 0.1) is 13.2 Å². The zero-order valence-electron chi connectivity index (χ0n) is 13.8. The van der Waals surface area contributed by atoms with Gasteiger partial charge in [-0.3, -0.25) is 0 Å². The molecular weight excluding hydrogens is 318 g/mol. The second-order valence-corrected chi connectivity index (χ2v) is 7.97. The van der Waals surface area contributed by atoms with Gasteiger partial charge in [0.1, 0.15) is 5.75 Å². The van der Waals surface area contributed by atoms with E-state index in [0.29, 0.717) is 17.9 Å². The predicted octanol–water partition coefficient (Wildman–Crippen LogP) is 5.65. The lowest BCUT2D eigenvalue weighted by molar-refractivity contribution is 0.244. The Hall–Kier alpha value is -1.67. The molecular formula is C21H22ClNO. The van der Waals surface area contributed by atoms with Crippen LogP contribution in [0.2, 0.25) is 5.02 Å². The molecule has 2 aromatic rings. The molecule has 2 nitrogen and oxygen atoms in total. The lowest BCUT2D eigenvalue weighted by atomic mass is 9.68. The fourth-order valence-corrected chi connectivity index (χ4v) is 5.87. The smallest absolute Gasteiger partial charge is 0.124 e. The third-order valence-corrected chi connectivity index (χ3v) is 6.76. The average molecular weight is 340 g/mol. The molecule has 2 aromatic carbocycles. The fourth-order valence-electron chi connectivity index (χ4n) is 5.69. The lowest BCUT2D eigenvalue weighted by Gasteiger charge is -2.43. The molecule has 1 unspecified atom stereocenters. The van der Waals surface area contributed by atoms with Crippen molar-refractivity contribution in [2.24, 2.45) is 17.8 Å². The van der Waals surface area contributed by atoms with Crippen molar-refractivity contribution in [1.82, 2.24) is 0 Å². The Bertz CT molecular complexity index is 789. The van der Waals surface area contributed by atoms with E-state index in [2.05, 4.69) is 41.7 Å². The Kier molecular flexibility index (Phi) is 3.31. The molecule has 3 aliphatic rings. The fraction of sp³-hybridized carbons (Fsp3) is 0.429. The molecule has 2 fully saturated rings. The van der Waals surface area contributed by atoms with E-state index < -0.39 is 0 Å². The van der Waals surface area contributed by atoms with E-state index in [1.165, 1.54) is 36.1 Å². The van der Waals surface area contributed by atoms with Gasteiger partial charge in [-0.05, 0) is 72.8 Å². The van der Waals surface area contributed by atoms with Crippen molar-refractivity contribution < 1.29 is 4.74 Å². The number of fused-ring (bicyclic) bond motifs is 7. The average Bonchev–Trinajstić information content (AvgIpc) is 3.23. The lowest BCUT2D eigenvalue weighted by Crippen LogP contribution is -2.35. The van der Waals surface area contributed by atoms with Crippen LogP contribution in [-0.2, 0) is 0 Å². The van der Waals surface area contributed by atoms with Gasteiger partial charge in [-0.2, -0.15) is 0 Å². The molecule has 2 saturated carbocycles. The highest BCUT2D eigenvalue weighted by atomic mass is 35.5. The van der Waals surface area contributed by atoms with Crippen LogP contribution >= 0.6 is 11.6 Å². The van der Waals surface area contributed by atoms with E-state index in [4.69, 9.17) is 16.3 Å². The highest BCUT2D eigenvalue weighted by Gasteiger charge is 2.54. The van der Waals surface area contributed by atoms with Crippen LogP contribution in [0.3, 0.4) is 0 Å². The standard InChI is InChI=1S/C21H22ClNO/c1-24-18-5-3-2-4-15(18)21-20-13-7-6-12(10-13)19(20)16-11-14(22)8-9-17(16)23-21/h2-5,8-9,11-13,19-21,23H,6-7,10H2,1H3/t12-,13+,19-,20-,21?/m1/s1. The SMILES string of the molecule is COc1ccccc1C1Nc2ccc(Cl)cc2[C@H]2[C@@H]3CC[C@@H](C3)[C@@H]12. The Labute approximate surface area is 148 Å². The molecule has 0 amide bonds. The van der Waals surface area contributed by atoms with Gasteiger partial charge in [0, 0.05) is 16.3 Å². The third kappa shape index (κ3) is 2.02. The molecule has 1 N–H and O–H groups in total. The number of anilines is 1. The second-order valence-electron chi connectivity index (χ2n) is 7.53. The minimum atomic E-state index is 0.329. The number of rotatable bonds is 2. The summed E-state index contributed by atoms with van der Waals surface area (Å²) in [7, 11) is 1.77. The molecule has 1 heterocycles. The summed E-state index contributed by atoms with van der Waals surface area (Å²) in [5, 5.41) is 4.69. The molecule has 3 heteroatoms. The van der Waals surface area contributed by atoms with E-state index in [1.807, 2.05) is 6.07 Å². The molecule has 24 heavy (non-hydrogen) atoms. The number of hydrogen-bond donors (Lipinski definition) is 1. The zero-order valence-corrected chi connectivity index (χ0v) is 14.6. The van der Waals surface area contributed by atoms with E-state index >= 15 is 0 Å². The summed E-state index contributed by atoms with van der Waals surface area (Å²) in [6.45, 7) is 0. The van der Waals surface area contributed by atoms with Crippen LogP contribution in [0.5, 0.6) is 5.75 Å². The molecule has 5 rings (SSSR count). The molecule has 0 radical (unpaired) electrons. The summed E-state index contributed by atoms with van der Waals surface area (Å²) >= 11 is 6.32. The van der Waals surface area contributed by atoms with Crippen molar-refractivity contribution >= 4 is 17.3 Å². The second kappa shape index (κ2) is 5.42. The van der Waals surface area contributed by atoms with E-state index in [-0.39, 0.29) is 0 Å². The molecule has 2 aliphatic carbocycles. The van der Waals surface area contributed by atoms with Crippen LogP contribution < -0.4 is 10.1 Å². The number of para-hydroxylation sites is 1. The molecule has 124 valence electrons. The third-order valence-electron chi connectivity index (χ3n) is 6.52. The Morgan fingerprint density at radius 3 is 2.75 bits per heavy atom. The molecule has 2 bridgehead atoms. The van der Waals surface area contributed by atoms with Crippen LogP contribution in [0.1, 0.15) is 42.3 Å². The summed E-state index contributed by atoms with van der Waals surface area (Å²) in [6.07, 6.45) is 4.11. The van der Waals surface area contributed by atoms with Crippen LogP contribution in [0.15, 0.2) is 42.5 Å². The summed E-state index contributed by atoms with van der Waals surface area (Å²) in [5.41, 5.74) is 3.98. The van der Waals surface area contributed by atoms with E-state index in [0.717, 1.165) is 22.6 Å². The topological polar surface area (TPSA) is 21.3 Å². The van der Waals surface area contributed by atoms with Crippen LogP contribution in [0.4, 0.5) is 5.69 Å². The van der Waals surface area contributed by atoms with Gasteiger partial charge in [-0.25, -0.2) is 0 Å². The van der Waals surface area contributed by atoms with Crippen molar-refractivity contribution in [3.63, 3.8) is 0 Å². The maximum absolute atomic E-state index is 6.32. The van der Waals surface area contributed by atoms with Gasteiger partial charge in [-0.1, -0.05) is 29.8 Å². The number of nitrogens with one attached hydrogen (secondary N) is 1. The number of benzene rings is 2. The largest absolute Gasteiger partial charge is 0.496 e.